The standard InChI is InChI=1S/C9H11N5OS/c1-5(9-11-2-3-16-9)13-8(15)7-6(10)4-12-14-7/h2-5H,10H2,1H3,(H,12,14)(H,13,15). The van der Waals surface area contributed by atoms with Crippen molar-refractivity contribution in [1.82, 2.24) is 20.5 Å². The van der Waals surface area contributed by atoms with Crippen molar-refractivity contribution in [3.8, 4) is 0 Å². The molecule has 7 heteroatoms. The van der Waals surface area contributed by atoms with Gasteiger partial charge in [0.05, 0.1) is 17.9 Å². The number of carbonyl (C=O) groups is 1. The Morgan fingerprint density at radius 3 is 3.06 bits per heavy atom. The average molecular weight is 237 g/mol. The van der Waals surface area contributed by atoms with Crippen molar-refractivity contribution >= 4 is 22.9 Å². The van der Waals surface area contributed by atoms with Gasteiger partial charge in [0, 0.05) is 11.6 Å². The second-order valence-corrected chi connectivity index (χ2v) is 4.19. The molecule has 2 aromatic heterocycles. The first kappa shape index (κ1) is 10.6. The molecule has 0 spiro atoms. The summed E-state index contributed by atoms with van der Waals surface area (Å²) < 4.78 is 0. The van der Waals surface area contributed by atoms with Gasteiger partial charge in [0.1, 0.15) is 10.7 Å². The van der Waals surface area contributed by atoms with Crippen LogP contribution in [0.4, 0.5) is 5.69 Å². The fourth-order valence-corrected chi connectivity index (χ4v) is 1.90. The quantitative estimate of drug-likeness (QED) is 0.740. The Hall–Kier alpha value is -1.89. The number of thiazole rings is 1. The van der Waals surface area contributed by atoms with Crippen LogP contribution in [0, 0.1) is 0 Å². The van der Waals surface area contributed by atoms with Gasteiger partial charge in [0.2, 0.25) is 0 Å². The monoisotopic (exact) mass is 237 g/mol. The number of H-pyrrole nitrogens is 1. The van der Waals surface area contributed by atoms with E-state index in [9.17, 15) is 4.79 Å². The maximum Gasteiger partial charge on any atom is 0.271 e. The summed E-state index contributed by atoms with van der Waals surface area (Å²) in [6.45, 7) is 1.86. The van der Waals surface area contributed by atoms with Gasteiger partial charge in [-0.3, -0.25) is 9.89 Å². The molecular weight excluding hydrogens is 226 g/mol. The lowest BCUT2D eigenvalue weighted by Gasteiger charge is -2.10. The maximum absolute atomic E-state index is 11.7. The zero-order valence-electron chi connectivity index (χ0n) is 8.60. The molecule has 1 amide bonds. The number of anilines is 1. The number of nitrogens with zero attached hydrogens (tertiary/aromatic N) is 2. The number of hydrogen-bond acceptors (Lipinski definition) is 5. The van der Waals surface area contributed by atoms with Crippen LogP contribution in [0.1, 0.15) is 28.5 Å². The normalized spacial score (nSPS) is 12.3. The molecule has 0 fully saturated rings. The fourth-order valence-electron chi connectivity index (χ4n) is 1.26. The lowest BCUT2D eigenvalue weighted by Crippen LogP contribution is -2.27. The number of amides is 1. The van der Waals surface area contributed by atoms with E-state index in [1.54, 1.807) is 6.20 Å². The van der Waals surface area contributed by atoms with E-state index in [0.29, 0.717) is 5.69 Å². The van der Waals surface area contributed by atoms with Gasteiger partial charge in [-0.2, -0.15) is 5.10 Å². The Labute approximate surface area is 95.9 Å². The minimum atomic E-state index is -0.280. The van der Waals surface area contributed by atoms with Gasteiger partial charge in [-0.1, -0.05) is 0 Å². The van der Waals surface area contributed by atoms with Crippen molar-refractivity contribution in [2.75, 3.05) is 5.73 Å². The van der Waals surface area contributed by atoms with Crippen LogP contribution in [0.2, 0.25) is 0 Å². The molecule has 0 saturated carbocycles. The van der Waals surface area contributed by atoms with Crippen LogP contribution < -0.4 is 11.1 Å². The van der Waals surface area contributed by atoms with Gasteiger partial charge in [-0.15, -0.1) is 11.3 Å². The number of aromatic amines is 1. The predicted molar refractivity (Wildman–Crippen MR) is 61.0 cm³/mol. The fraction of sp³-hybridized carbons (Fsp3) is 0.222. The second-order valence-electron chi connectivity index (χ2n) is 3.27. The highest BCUT2D eigenvalue weighted by Gasteiger charge is 2.16. The Balaban J connectivity index is 2.06. The Bertz CT molecular complexity index is 478. The van der Waals surface area contributed by atoms with Crippen LogP contribution in [0.25, 0.3) is 0 Å². The lowest BCUT2D eigenvalue weighted by molar-refractivity contribution is 0.0935. The van der Waals surface area contributed by atoms with E-state index < -0.39 is 0 Å². The molecule has 84 valence electrons. The molecular formula is C9H11N5OS. The SMILES string of the molecule is CC(NC(=O)c1[nH]ncc1N)c1nccs1. The first-order valence-corrected chi connectivity index (χ1v) is 5.55. The molecule has 6 nitrogen and oxygen atoms in total. The van der Waals surface area contributed by atoms with Gasteiger partial charge < -0.3 is 11.1 Å². The van der Waals surface area contributed by atoms with Gasteiger partial charge >= 0.3 is 0 Å². The number of rotatable bonds is 3. The summed E-state index contributed by atoms with van der Waals surface area (Å²) >= 11 is 1.49. The summed E-state index contributed by atoms with van der Waals surface area (Å²) in [7, 11) is 0. The molecule has 0 aliphatic carbocycles. The molecule has 0 bridgehead atoms. The molecule has 2 rings (SSSR count). The van der Waals surface area contributed by atoms with E-state index in [4.69, 9.17) is 5.73 Å². The van der Waals surface area contributed by atoms with Crippen molar-refractivity contribution in [3.05, 3.63) is 28.5 Å². The van der Waals surface area contributed by atoms with E-state index in [1.165, 1.54) is 17.5 Å². The molecule has 2 aromatic rings. The Kier molecular flexibility index (Phi) is 2.86. The van der Waals surface area contributed by atoms with Crippen LogP contribution in [-0.4, -0.2) is 21.1 Å². The summed E-state index contributed by atoms with van der Waals surface area (Å²) in [5.41, 5.74) is 6.19. The van der Waals surface area contributed by atoms with E-state index in [0.717, 1.165) is 5.01 Å². The minimum Gasteiger partial charge on any atom is -0.396 e. The molecule has 1 unspecified atom stereocenters. The van der Waals surface area contributed by atoms with Crippen molar-refractivity contribution in [3.63, 3.8) is 0 Å². The molecule has 0 radical (unpaired) electrons. The Morgan fingerprint density at radius 1 is 1.69 bits per heavy atom. The zero-order chi connectivity index (χ0) is 11.5. The molecule has 1 atom stereocenters. The molecule has 0 aliphatic rings. The number of nitrogens with two attached hydrogens (primary N) is 1. The smallest absolute Gasteiger partial charge is 0.271 e. The molecule has 0 aromatic carbocycles. The summed E-state index contributed by atoms with van der Waals surface area (Å²) in [4.78, 5) is 15.9. The molecule has 4 N–H and O–H groups in total. The topological polar surface area (TPSA) is 96.7 Å². The van der Waals surface area contributed by atoms with E-state index in [-0.39, 0.29) is 17.6 Å². The van der Waals surface area contributed by atoms with Gasteiger partial charge in [0.25, 0.3) is 5.91 Å². The van der Waals surface area contributed by atoms with Gasteiger partial charge in [-0.25, -0.2) is 4.98 Å². The predicted octanol–water partition coefficient (Wildman–Crippen LogP) is 0.939. The van der Waals surface area contributed by atoms with Crippen molar-refractivity contribution in [1.29, 1.82) is 0 Å². The Morgan fingerprint density at radius 2 is 2.50 bits per heavy atom. The third-order valence-corrected chi connectivity index (χ3v) is 3.02. The number of aromatic nitrogens is 3. The van der Waals surface area contributed by atoms with Crippen LogP contribution in [-0.2, 0) is 0 Å². The summed E-state index contributed by atoms with van der Waals surface area (Å²) in [6, 6.07) is -0.143. The van der Waals surface area contributed by atoms with Crippen molar-refractivity contribution < 1.29 is 4.79 Å². The second kappa shape index (κ2) is 4.31. The van der Waals surface area contributed by atoms with E-state index in [1.807, 2.05) is 12.3 Å². The third kappa shape index (κ3) is 2.03. The van der Waals surface area contributed by atoms with Crippen LogP contribution in [0.15, 0.2) is 17.8 Å². The molecule has 0 saturated heterocycles. The summed E-state index contributed by atoms with van der Waals surface area (Å²) in [5.74, 6) is -0.280. The number of nitrogen functional groups attached to an aromatic ring is 1. The molecule has 0 aliphatic heterocycles. The highest BCUT2D eigenvalue weighted by Crippen LogP contribution is 2.16. The molecule has 16 heavy (non-hydrogen) atoms. The highest BCUT2D eigenvalue weighted by molar-refractivity contribution is 7.09. The van der Waals surface area contributed by atoms with Crippen LogP contribution in [0.5, 0.6) is 0 Å². The van der Waals surface area contributed by atoms with Crippen molar-refractivity contribution in [2.45, 2.75) is 13.0 Å². The zero-order valence-corrected chi connectivity index (χ0v) is 9.41. The van der Waals surface area contributed by atoms with Crippen molar-refractivity contribution in [2.24, 2.45) is 0 Å². The number of carbonyl (C=O) groups excluding carboxylic acids is 1. The first-order valence-electron chi connectivity index (χ1n) is 4.67. The van der Waals surface area contributed by atoms with Gasteiger partial charge in [-0.05, 0) is 6.92 Å². The number of nitrogens with one attached hydrogen (secondary N) is 2. The number of hydrogen-bond donors (Lipinski definition) is 3. The summed E-state index contributed by atoms with van der Waals surface area (Å²) in [6.07, 6.45) is 3.11. The lowest BCUT2D eigenvalue weighted by atomic mass is 10.3. The van der Waals surface area contributed by atoms with E-state index >= 15 is 0 Å². The van der Waals surface area contributed by atoms with Crippen LogP contribution >= 0.6 is 11.3 Å². The molecule has 2 heterocycles. The summed E-state index contributed by atoms with van der Waals surface area (Å²) in [5, 5.41) is 11.7. The first-order chi connectivity index (χ1) is 7.68. The third-order valence-electron chi connectivity index (χ3n) is 2.07. The maximum atomic E-state index is 11.7. The van der Waals surface area contributed by atoms with Gasteiger partial charge in [0.15, 0.2) is 0 Å². The van der Waals surface area contributed by atoms with Crippen LogP contribution in [0.3, 0.4) is 0 Å². The minimum absolute atomic E-state index is 0.143. The largest absolute Gasteiger partial charge is 0.396 e. The highest BCUT2D eigenvalue weighted by atomic mass is 32.1. The van der Waals surface area contributed by atoms with E-state index in [2.05, 4.69) is 20.5 Å². The average Bonchev–Trinajstić information content (AvgIpc) is 2.86.